The van der Waals surface area contributed by atoms with E-state index in [0.717, 1.165) is 50.3 Å². The summed E-state index contributed by atoms with van der Waals surface area (Å²) in [4.78, 5) is 33.3. The van der Waals surface area contributed by atoms with Crippen molar-refractivity contribution in [2.24, 2.45) is 0 Å². The van der Waals surface area contributed by atoms with Crippen molar-refractivity contribution in [3.05, 3.63) is 95.6 Å². The van der Waals surface area contributed by atoms with Crippen LogP contribution in [0.1, 0.15) is 27.9 Å². The van der Waals surface area contributed by atoms with E-state index in [-0.39, 0.29) is 17.3 Å². The molecule has 10 nitrogen and oxygen atoms in total. The van der Waals surface area contributed by atoms with Gasteiger partial charge in [0.15, 0.2) is 23.1 Å². The van der Waals surface area contributed by atoms with Crippen LogP contribution in [0.5, 0.6) is 17.2 Å². The molecule has 1 aliphatic heterocycles. The largest absolute Gasteiger partial charge is 0.493 e. The normalized spacial score (nSPS) is 13.7. The second kappa shape index (κ2) is 14.8. The smallest absolute Gasteiger partial charge is 0.294 e. The first kappa shape index (κ1) is 31.7. The van der Waals surface area contributed by atoms with Gasteiger partial charge in [0.05, 0.1) is 25.0 Å². The van der Waals surface area contributed by atoms with Crippen LogP contribution in [0.25, 0.3) is 0 Å². The fourth-order valence-corrected chi connectivity index (χ4v) is 5.09. The number of amides is 1. The summed E-state index contributed by atoms with van der Waals surface area (Å²) >= 11 is 0. The number of aryl methyl sites for hydroxylation is 2. The molecule has 1 N–H and O–H groups in total. The molecule has 5 rings (SSSR count). The first-order chi connectivity index (χ1) is 21.8. The summed E-state index contributed by atoms with van der Waals surface area (Å²) in [6, 6.07) is 17.4. The first-order valence-electron chi connectivity index (χ1n) is 15.0. The Bertz CT molecular complexity index is 1570. The Labute approximate surface area is 263 Å². The van der Waals surface area contributed by atoms with Crippen molar-refractivity contribution < 1.29 is 23.5 Å². The number of hydroxylamine groups is 1. The predicted octanol–water partition coefficient (Wildman–Crippen LogP) is 5.64. The number of rotatable bonds is 12. The van der Waals surface area contributed by atoms with Crippen LogP contribution in [0.15, 0.2) is 73.1 Å². The Morgan fingerprint density at radius 1 is 0.933 bits per heavy atom. The maximum absolute atomic E-state index is 14.8. The van der Waals surface area contributed by atoms with E-state index in [4.69, 9.17) is 14.3 Å². The summed E-state index contributed by atoms with van der Waals surface area (Å²) < 4.78 is 25.9. The van der Waals surface area contributed by atoms with Crippen LogP contribution in [0, 0.1) is 19.7 Å². The van der Waals surface area contributed by atoms with Gasteiger partial charge in [0.2, 0.25) is 5.95 Å². The van der Waals surface area contributed by atoms with Crippen molar-refractivity contribution in [3.8, 4) is 17.2 Å². The van der Waals surface area contributed by atoms with Crippen LogP contribution in [0.2, 0.25) is 0 Å². The Hall–Kier alpha value is -4.74. The third kappa shape index (κ3) is 8.05. The molecule has 0 unspecified atom stereocenters. The van der Waals surface area contributed by atoms with Gasteiger partial charge in [0, 0.05) is 56.9 Å². The molecule has 1 aromatic heterocycles. The molecule has 0 atom stereocenters. The maximum atomic E-state index is 14.8. The van der Waals surface area contributed by atoms with Gasteiger partial charge in [0.1, 0.15) is 0 Å². The fraction of sp³-hybridized carbons (Fsp3) is 0.324. The van der Waals surface area contributed by atoms with Crippen molar-refractivity contribution in [2.45, 2.75) is 20.3 Å². The number of benzene rings is 3. The highest BCUT2D eigenvalue weighted by atomic mass is 19.1. The van der Waals surface area contributed by atoms with E-state index in [9.17, 15) is 9.18 Å². The van der Waals surface area contributed by atoms with Gasteiger partial charge in [-0.15, -0.1) is 5.06 Å². The van der Waals surface area contributed by atoms with E-state index in [0.29, 0.717) is 29.5 Å². The van der Waals surface area contributed by atoms with Crippen LogP contribution in [0.4, 0.5) is 21.7 Å². The zero-order valence-electron chi connectivity index (χ0n) is 26.1. The van der Waals surface area contributed by atoms with Crippen LogP contribution in [-0.4, -0.2) is 79.2 Å². The minimum absolute atomic E-state index is 0.197. The van der Waals surface area contributed by atoms with E-state index < -0.39 is 11.7 Å². The minimum atomic E-state index is -0.482. The molecule has 0 bridgehead atoms. The summed E-state index contributed by atoms with van der Waals surface area (Å²) in [5.41, 5.74) is 2.95. The molecule has 0 saturated carbocycles. The molecule has 4 aromatic rings. The summed E-state index contributed by atoms with van der Waals surface area (Å²) in [5.74, 6) is 0.305. The highest BCUT2D eigenvalue weighted by molar-refractivity contribution is 6.05. The van der Waals surface area contributed by atoms with Gasteiger partial charge in [-0.3, -0.25) is 4.79 Å². The number of nitrogens with one attached hydrogen (secondary N) is 1. The molecule has 0 aliphatic carbocycles. The summed E-state index contributed by atoms with van der Waals surface area (Å²) in [7, 11) is 3.67. The van der Waals surface area contributed by atoms with Crippen molar-refractivity contribution in [3.63, 3.8) is 0 Å². The zero-order chi connectivity index (χ0) is 31.8. The van der Waals surface area contributed by atoms with E-state index >= 15 is 0 Å². The lowest BCUT2D eigenvalue weighted by molar-refractivity contribution is 0.0875. The number of ether oxygens (including phenoxy) is 2. The summed E-state index contributed by atoms with van der Waals surface area (Å²) in [6.07, 6.45) is 3.63. The highest BCUT2D eigenvalue weighted by Crippen LogP contribution is 2.32. The van der Waals surface area contributed by atoms with Gasteiger partial charge in [0.25, 0.3) is 5.91 Å². The number of nitrogens with zero attached hydrogens (tertiary/aromatic N) is 5. The summed E-state index contributed by atoms with van der Waals surface area (Å²) in [6.45, 7) is 9.40. The third-order valence-corrected chi connectivity index (χ3v) is 7.64. The Morgan fingerprint density at radius 3 is 2.29 bits per heavy atom. The Balaban J connectivity index is 1.23. The predicted molar refractivity (Wildman–Crippen MR) is 172 cm³/mol. The molecule has 0 spiro atoms. The molecule has 0 radical (unpaired) electrons. The standard InChI is InChI=1S/C34H39FN6O4/c1-24-9-7-10-25(2)32(24)41(45-31-12-6-5-11-30(31)43-4)33(42)26-22-36-34(37-23-26)38-27-13-14-29(28(35)21-27)44-20-8-15-40-18-16-39(3)17-19-40/h5-7,9-14,21-23H,8,15-20H2,1-4H3,(H,36,37,38). The second-order valence-electron chi connectivity index (χ2n) is 11.0. The second-order valence-corrected chi connectivity index (χ2v) is 11.0. The maximum Gasteiger partial charge on any atom is 0.294 e. The molecule has 3 aromatic carbocycles. The monoisotopic (exact) mass is 614 g/mol. The number of carbonyl (C=O) groups is 1. The van der Waals surface area contributed by atoms with Gasteiger partial charge < -0.3 is 29.4 Å². The number of carbonyl (C=O) groups excluding carboxylic acids is 1. The van der Waals surface area contributed by atoms with Gasteiger partial charge in [-0.25, -0.2) is 14.4 Å². The Kier molecular flexibility index (Phi) is 10.4. The number of methoxy groups -OCH3 is 1. The van der Waals surface area contributed by atoms with Gasteiger partial charge >= 0.3 is 0 Å². The number of anilines is 3. The molecule has 1 fully saturated rings. The lowest BCUT2D eigenvalue weighted by Gasteiger charge is -2.32. The van der Waals surface area contributed by atoms with E-state index in [2.05, 4.69) is 32.1 Å². The van der Waals surface area contributed by atoms with E-state index in [1.165, 1.54) is 30.6 Å². The summed E-state index contributed by atoms with van der Waals surface area (Å²) in [5, 5.41) is 4.21. The van der Waals surface area contributed by atoms with Gasteiger partial charge in [-0.05, 0) is 62.7 Å². The zero-order valence-corrected chi connectivity index (χ0v) is 26.1. The number of likely N-dealkylation sites (N-methyl/N-ethyl adjacent to an activating group) is 1. The van der Waals surface area contributed by atoms with Crippen LogP contribution >= 0.6 is 0 Å². The van der Waals surface area contributed by atoms with Crippen molar-refractivity contribution >= 4 is 23.2 Å². The average molecular weight is 615 g/mol. The SMILES string of the molecule is COc1ccccc1ON(C(=O)c1cnc(Nc2ccc(OCCCN3CCN(C)CC3)c(F)c2)nc1)c1c(C)cccc1C. The number of para-hydroxylation sites is 3. The average Bonchev–Trinajstić information content (AvgIpc) is 3.04. The lowest BCUT2D eigenvalue weighted by Crippen LogP contribution is -2.44. The van der Waals surface area contributed by atoms with E-state index in [1.807, 2.05) is 38.1 Å². The van der Waals surface area contributed by atoms with E-state index in [1.54, 1.807) is 30.3 Å². The highest BCUT2D eigenvalue weighted by Gasteiger charge is 2.25. The van der Waals surface area contributed by atoms with Crippen molar-refractivity contribution in [2.75, 3.05) is 63.9 Å². The third-order valence-electron chi connectivity index (χ3n) is 7.64. The number of hydrogen-bond acceptors (Lipinski definition) is 9. The molecule has 1 saturated heterocycles. The number of hydrogen-bond donors (Lipinski definition) is 1. The first-order valence-corrected chi connectivity index (χ1v) is 15.0. The number of aromatic nitrogens is 2. The van der Waals surface area contributed by atoms with Crippen LogP contribution < -0.4 is 24.7 Å². The molecular weight excluding hydrogens is 575 g/mol. The fourth-order valence-electron chi connectivity index (χ4n) is 5.09. The lowest BCUT2D eigenvalue weighted by atomic mass is 10.1. The van der Waals surface area contributed by atoms with Gasteiger partial charge in [-0.2, -0.15) is 0 Å². The molecule has 11 heteroatoms. The van der Waals surface area contributed by atoms with Crippen molar-refractivity contribution in [1.29, 1.82) is 0 Å². The van der Waals surface area contributed by atoms with Crippen LogP contribution in [0.3, 0.4) is 0 Å². The quantitative estimate of drug-likeness (QED) is 0.161. The number of piperazine rings is 1. The number of halogens is 1. The molecule has 236 valence electrons. The molecule has 2 heterocycles. The molecule has 1 amide bonds. The molecule has 1 aliphatic rings. The minimum Gasteiger partial charge on any atom is -0.493 e. The van der Waals surface area contributed by atoms with Crippen molar-refractivity contribution in [1.82, 2.24) is 19.8 Å². The van der Waals surface area contributed by atoms with Crippen LogP contribution in [-0.2, 0) is 0 Å². The Morgan fingerprint density at radius 2 is 1.62 bits per heavy atom. The molecular formula is C34H39FN6O4. The van der Waals surface area contributed by atoms with Gasteiger partial charge in [-0.1, -0.05) is 30.3 Å². The molecule has 45 heavy (non-hydrogen) atoms. The topological polar surface area (TPSA) is 92.3 Å².